The number of carbonyl (C=O) groups excluding carboxylic acids is 1. The van der Waals surface area contributed by atoms with E-state index in [1.165, 1.54) is 0 Å². The summed E-state index contributed by atoms with van der Waals surface area (Å²) in [5.41, 5.74) is 1.86. The molecule has 2 aromatic rings. The van der Waals surface area contributed by atoms with Crippen LogP contribution in [0.5, 0.6) is 5.88 Å². The van der Waals surface area contributed by atoms with Gasteiger partial charge >= 0.3 is 0 Å². The number of benzene rings is 1. The Morgan fingerprint density at radius 1 is 1.35 bits per heavy atom. The average molecular weight is 273 g/mol. The molecule has 1 aromatic heterocycles. The van der Waals surface area contributed by atoms with Gasteiger partial charge in [-0.25, -0.2) is 4.68 Å². The molecule has 0 bridgehead atoms. The lowest BCUT2D eigenvalue weighted by Crippen LogP contribution is -2.29. The van der Waals surface area contributed by atoms with Gasteiger partial charge in [-0.1, -0.05) is 25.1 Å². The van der Waals surface area contributed by atoms with Crippen molar-refractivity contribution in [2.45, 2.75) is 20.3 Å². The van der Waals surface area contributed by atoms with Gasteiger partial charge in [0.15, 0.2) is 6.61 Å². The van der Waals surface area contributed by atoms with E-state index >= 15 is 0 Å². The van der Waals surface area contributed by atoms with Crippen LogP contribution in [-0.2, 0) is 4.79 Å². The standard InChI is InChI=1S/C15H19N3O2/c1-3-9-16-14(19)11-20-15-12(2)10-18(17-15)13-7-5-4-6-8-13/h4-8,10H,3,9,11H2,1-2H3,(H,16,19). The first-order valence-corrected chi connectivity index (χ1v) is 6.72. The topological polar surface area (TPSA) is 56.1 Å². The minimum Gasteiger partial charge on any atom is -0.466 e. The summed E-state index contributed by atoms with van der Waals surface area (Å²) in [7, 11) is 0. The lowest BCUT2D eigenvalue weighted by atomic mass is 10.3. The Morgan fingerprint density at radius 3 is 2.80 bits per heavy atom. The van der Waals surface area contributed by atoms with Gasteiger partial charge in [-0.15, -0.1) is 5.10 Å². The third-order valence-corrected chi connectivity index (χ3v) is 2.78. The van der Waals surface area contributed by atoms with Crippen molar-refractivity contribution in [3.63, 3.8) is 0 Å². The van der Waals surface area contributed by atoms with E-state index in [1.54, 1.807) is 4.68 Å². The summed E-state index contributed by atoms with van der Waals surface area (Å²) in [5, 5.41) is 7.11. The van der Waals surface area contributed by atoms with E-state index in [2.05, 4.69) is 10.4 Å². The number of hydrogen-bond donors (Lipinski definition) is 1. The van der Waals surface area contributed by atoms with Crippen molar-refractivity contribution < 1.29 is 9.53 Å². The quantitative estimate of drug-likeness (QED) is 0.876. The number of ether oxygens (including phenoxy) is 1. The second-order valence-corrected chi connectivity index (χ2v) is 4.54. The van der Waals surface area contributed by atoms with Crippen molar-refractivity contribution in [3.8, 4) is 11.6 Å². The molecule has 1 amide bonds. The van der Waals surface area contributed by atoms with Crippen LogP contribution >= 0.6 is 0 Å². The first-order valence-electron chi connectivity index (χ1n) is 6.72. The van der Waals surface area contributed by atoms with Crippen LogP contribution in [0.25, 0.3) is 5.69 Å². The van der Waals surface area contributed by atoms with E-state index in [-0.39, 0.29) is 12.5 Å². The Kier molecular flexibility index (Phi) is 4.76. The highest BCUT2D eigenvalue weighted by molar-refractivity contribution is 5.77. The van der Waals surface area contributed by atoms with E-state index in [0.29, 0.717) is 12.4 Å². The number of carbonyl (C=O) groups is 1. The van der Waals surface area contributed by atoms with E-state index in [9.17, 15) is 4.79 Å². The number of aromatic nitrogens is 2. The highest BCUT2D eigenvalue weighted by Crippen LogP contribution is 2.17. The van der Waals surface area contributed by atoms with Crippen LogP contribution in [-0.4, -0.2) is 28.8 Å². The molecule has 1 aromatic carbocycles. The summed E-state index contributed by atoms with van der Waals surface area (Å²) < 4.78 is 7.20. The first-order chi connectivity index (χ1) is 9.70. The fourth-order valence-electron chi connectivity index (χ4n) is 1.75. The molecule has 0 fully saturated rings. The molecule has 0 spiro atoms. The van der Waals surface area contributed by atoms with E-state index < -0.39 is 0 Å². The highest BCUT2D eigenvalue weighted by atomic mass is 16.5. The van der Waals surface area contributed by atoms with Crippen molar-refractivity contribution in [1.29, 1.82) is 0 Å². The maximum absolute atomic E-state index is 11.5. The molecule has 5 nitrogen and oxygen atoms in total. The second-order valence-electron chi connectivity index (χ2n) is 4.54. The molecule has 0 saturated carbocycles. The molecule has 0 saturated heterocycles. The third-order valence-electron chi connectivity index (χ3n) is 2.78. The zero-order chi connectivity index (χ0) is 14.4. The molecule has 20 heavy (non-hydrogen) atoms. The van der Waals surface area contributed by atoms with E-state index in [0.717, 1.165) is 17.7 Å². The van der Waals surface area contributed by atoms with Gasteiger partial charge in [0.2, 0.25) is 5.88 Å². The van der Waals surface area contributed by atoms with Crippen LogP contribution in [0.2, 0.25) is 0 Å². The molecule has 0 unspecified atom stereocenters. The molecule has 1 N–H and O–H groups in total. The SMILES string of the molecule is CCCNC(=O)COc1nn(-c2ccccc2)cc1C. The average Bonchev–Trinajstić information content (AvgIpc) is 2.85. The largest absolute Gasteiger partial charge is 0.466 e. The molecule has 0 radical (unpaired) electrons. The Hall–Kier alpha value is -2.30. The molecule has 106 valence electrons. The number of amides is 1. The van der Waals surface area contributed by atoms with Crippen LogP contribution in [0, 0.1) is 6.92 Å². The van der Waals surface area contributed by atoms with Gasteiger partial charge in [-0.3, -0.25) is 4.79 Å². The van der Waals surface area contributed by atoms with Gasteiger partial charge in [0, 0.05) is 18.3 Å². The third kappa shape index (κ3) is 3.60. The lowest BCUT2D eigenvalue weighted by Gasteiger charge is -2.04. The fraction of sp³-hybridized carbons (Fsp3) is 0.333. The minimum absolute atomic E-state index is 0.00730. The molecule has 0 aliphatic rings. The predicted octanol–water partition coefficient (Wildman–Crippen LogP) is 2.09. The Labute approximate surface area is 118 Å². The number of nitrogens with one attached hydrogen (secondary N) is 1. The Bertz CT molecular complexity index is 564. The number of aryl methyl sites for hydroxylation is 1. The summed E-state index contributed by atoms with van der Waals surface area (Å²) in [5.74, 6) is 0.362. The molecule has 0 aliphatic heterocycles. The van der Waals surface area contributed by atoms with Crippen LogP contribution < -0.4 is 10.1 Å². The van der Waals surface area contributed by atoms with Gasteiger partial charge in [-0.05, 0) is 25.5 Å². The number of hydrogen-bond acceptors (Lipinski definition) is 3. The highest BCUT2D eigenvalue weighted by Gasteiger charge is 2.09. The smallest absolute Gasteiger partial charge is 0.258 e. The van der Waals surface area contributed by atoms with Crippen molar-refractivity contribution in [1.82, 2.24) is 15.1 Å². The van der Waals surface area contributed by atoms with Gasteiger partial charge in [0.1, 0.15) is 0 Å². The van der Waals surface area contributed by atoms with E-state index in [4.69, 9.17) is 4.74 Å². The number of nitrogens with zero attached hydrogens (tertiary/aromatic N) is 2. The monoisotopic (exact) mass is 273 g/mol. The lowest BCUT2D eigenvalue weighted by molar-refractivity contribution is -0.123. The first kappa shape index (κ1) is 14.1. The molecule has 5 heteroatoms. The summed E-state index contributed by atoms with van der Waals surface area (Å²) in [4.78, 5) is 11.5. The van der Waals surface area contributed by atoms with Crippen LogP contribution in [0.15, 0.2) is 36.5 Å². The zero-order valence-corrected chi connectivity index (χ0v) is 11.8. The maximum atomic E-state index is 11.5. The van der Waals surface area contributed by atoms with Gasteiger partial charge in [0.25, 0.3) is 5.91 Å². The van der Waals surface area contributed by atoms with Crippen LogP contribution in [0.3, 0.4) is 0 Å². The van der Waals surface area contributed by atoms with Crippen molar-refractivity contribution in [2.75, 3.05) is 13.2 Å². The van der Waals surface area contributed by atoms with Gasteiger partial charge in [-0.2, -0.15) is 0 Å². The summed E-state index contributed by atoms with van der Waals surface area (Å²) in [6.45, 7) is 4.57. The Balaban J connectivity index is 2.00. The Morgan fingerprint density at radius 2 is 2.10 bits per heavy atom. The molecular weight excluding hydrogens is 254 g/mol. The van der Waals surface area contributed by atoms with Crippen molar-refractivity contribution in [2.24, 2.45) is 0 Å². The number of para-hydroxylation sites is 1. The molecular formula is C15H19N3O2. The normalized spacial score (nSPS) is 10.3. The molecule has 0 aliphatic carbocycles. The van der Waals surface area contributed by atoms with Crippen molar-refractivity contribution in [3.05, 3.63) is 42.1 Å². The predicted molar refractivity (Wildman–Crippen MR) is 77.1 cm³/mol. The number of rotatable bonds is 6. The molecule has 2 rings (SSSR count). The van der Waals surface area contributed by atoms with Crippen LogP contribution in [0.1, 0.15) is 18.9 Å². The van der Waals surface area contributed by atoms with Crippen molar-refractivity contribution >= 4 is 5.91 Å². The van der Waals surface area contributed by atoms with Gasteiger partial charge < -0.3 is 10.1 Å². The van der Waals surface area contributed by atoms with Crippen LogP contribution in [0.4, 0.5) is 0 Å². The summed E-state index contributed by atoms with van der Waals surface area (Å²) in [6.07, 6.45) is 2.79. The molecule has 1 heterocycles. The fourth-order valence-corrected chi connectivity index (χ4v) is 1.75. The summed E-state index contributed by atoms with van der Waals surface area (Å²) >= 11 is 0. The maximum Gasteiger partial charge on any atom is 0.258 e. The zero-order valence-electron chi connectivity index (χ0n) is 11.8. The minimum atomic E-state index is -0.125. The summed E-state index contributed by atoms with van der Waals surface area (Å²) in [6, 6.07) is 9.78. The second kappa shape index (κ2) is 6.75. The van der Waals surface area contributed by atoms with Gasteiger partial charge in [0.05, 0.1) is 5.69 Å². The molecule has 0 atom stereocenters. The van der Waals surface area contributed by atoms with E-state index in [1.807, 2.05) is 50.4 Å².